The molecule has 0 aliphatic carbocycles. The molecule has 78 valence electrons. The van der Waals surface area contributed by atoms with E-state index < -0.39 is 24.5 Å². The van der Waals surface area contributed by atoms with Crippen molar-refractivity contribution in [1.82, 2.24) is 0 Å². The summed E-state index contributed by atoms with van der Waals surface area (Å²) in [7, 11) is 0. The lowest BCUT2D eigenvalue weighted by atomic mass is 10.3. The molecular formula is C6H12O7. The largest absolute Gasteiger partial charge is 0.481 e. The summed E-state index contributed by atoms with van der Waals surface area (Å²) >= 11 is 0. The molecule has 0 aliphatic heterocycles. The number of carboxylic acids is 2. The van der Waals surface area contributed by atoms with Gasteiger partial charge in [-0.3, -0.25) is 4.79 Å². The number of aliphatic hydroxyl groups is 3. The third-order valence-electron chi connectivity index (χ3n) is 0.753. The molecule has 0 aromatic carbocycles. The summed E-state index contributed by atoms with van der Waals surface area (Å²) in [6.45, 7) is -0.250. The van der Waals surface area contributed by atoms with Crippen LogP contribution in [0.5, 0.6) is 0 Å². The Balaban J connectivity index is 0. The Morgan fingerprint density at radius 1 is 1.08 bits per heavy atom. The topological polar surface area (TPSA) is 135 Å². The highest BCUT2D eigenvalue weighted by molar-refractivity contribution is 5.79. The molecule has 0 radical (unpaired) electrons. The molecule has 7 heteroatoms. The van der Waals surface area contributed by atoms with Gasteiger partial charge in [-0.1, -0.05) is 0 Å². The molecule has 0 saturated heterocycles. The fraction of sp³-hybridized carbons (Fsp3) is 0.667. The monoisotopic (exact) mass is 196 g/mol. The first-order valence-corrected chi connectivity index (χ1v) is 3.30. The number of carbonyl (C=O) groups is 2. The molecular weight excluding hydrogens is 184 g/mol. The van der Waals surface area contributed by atoms with Crippen LogP contribution < -0.4 is 0 Å². The molecule has 0 aromatic rings. The molecule has 0 amide bonds. The van der Waals surface area contributed by atoms with Crippen LogP contribution in [0.2, 0.25) is 0 Å². The zero-order chi connectivity index (χ0) is 10.9. The Morgan fingerprint density at radius 3 is 1.54 bits per heavy atom. The second-order valence-electron chi connectivity index (χ2n) is 1.90. The summed E-state index contributed by atoms with van der Waals surface area (Å²) in [5.74, 6) is -2.85. The van der Waals surface area contributed by atoms with E-state index in [0.717, 1.165) is 0 Å². The minimum atomic E-state index is -1.79. The summed E-state index contributed by atoms with van der Waals surface area (Å²) < 4.78 is 0. The molecule has 7 nitrogen and oxygen atoms in total. The average Bonchev–Trinajstić information content (AvgIpc) is 2.03. The van der Waals surface area contributed by atoms with E-state index in [1.165, 1.54) is 0 Å². The van der Waals surface area contributed by atoms with Gasteiger partial charge in [0.1, 0.15) is 0 Å². The van der Waals surface area contributed by atoms with Crippen molar-refractivity contribution in [2.45, 2.75) is 12.5 Å². The standard InChI is InChI=1S/C4H6O5.C2H6O2/c5-2(4(8)9)1-3(6)7;3-1-2-4/h2,5H,1H2,(H,6,7)(H,8,9);3-4H,1-2H2. The summed E-state index contributed by atoms with van der Waals surface area (Å²) in [4.78, 5) is 19.4. The highest BCUT2D eigenvalue weighted by Crippen LogP contribution is 1.89. The lowest BCUT2D eigenvalue weighted by Crippen LogP contribution is -2.22. The average molecular weight is 196 g/mol. The molecule has 5 N–H and O–H groups in total. The predicted octanol–water partition coefficient (Wildman–Crippen LogP) is -2.12. The van der Waals surface area contributed by atoms with Crippen molar-refractivity contribution in [3.63, 3.8) is 0 Å². The van der Waals surface area contributed by atoms with Crippen LogP contribution in [0.3, 0.4) is 0 Å². The van der Waals surface area contributed by atoms with E-state index in [2.05, 4.69) is 0 Å². The highest BCUT2D eigenvalue weighted by atomic mass is 16.4. The molecule has 0 aromatic heterocycles. The number of rotatable bonds is 4. The van der Waals surface area contributed by atoms with Crippen LogP contribution in [0.1, 0.15) is 6.42 Å². The van der Waals surface area contributed by atoms with Crippen molar-refractivity contribution in [2.24, 2.45) is 0 Å². The summed E-state index contributed by atoms with van der Waals surface area (Å²) in [5, 5.41) is 39.4. The van der Waals surface area contributed by atoms with Crippen molar-refractivity contribution >= 4 is 11.9 Å². The molecule has 0 fully saturated rings. The third kappa shape index (κ3) is 13.8. The van der Waals surface area contributed by atoms with Crippen LogP contribution in [-0.4, -0.2) is 56.8 Å². The molecule has 1 atom stereocenters. The number of carboxylic acid groups (broad SMARTS) is 2. The van der Waals surface area contributed by atoms with Gasteiger partial charge in [0, 0.05) is 0 Å². The molecule has 0 heterocycles. The van der Waals surface area contributed by atoms with Gasteiger partial charge in [-0.25, -0.2) is 4.79 Å². The van der Waals surface area contributed by atoms with Gasteiger partial charge in [0.05, 0.1) is 19.6 Å². The lowest BCUT2D eigenvalue weighted by Gasteiger charge is -1.97. The maximum absolute atomic E-state index is 9.72. The molecule has 0 spiro atoms. The number of hydrogen-bond acceptors (Lipinski definition) is 5. The first-order valence-electron chi connectivity index (χ1n) is 3.30. The van der Waals surface area contributed by atoms with Crippen LogP contribution in [0.15, 0.2) is 0 Å². The molecule has 0 aliphatic rings. The highest BCUT2D eigenvalue weighted by Gasteiger charge is 2.16. The maximum Gasteiger partial charge on any atom is 0.333 e. The second kappa shape index (κ2) is 8.91. The van der Waals surface area contributed by atoms with Crippen molar-refractivity contribution in [3.8, 4) is 0 Å². The van der Waals surface area contributed by atoms with Gasteiger partial charge < -0.3 is 25.5 Å². The first-order chi connectivity index (χ1) is 5.95. The smallest absolute Gasteiger partial charge is 0.333 e. The lowest BCUT2D eigenvalue weighted by molar-refractivity contribution is -0.152. The van der Waals surface area contributed by atoms with Gasteiger partial charge in [0.15, 0.2) is 6.10 Å². The van der Waals surface area contributed by atoms with Gasteiger partial charge in [-0.15, -0.1) is 0 Å². The van der Waals surface area contributed by atoms with Crippen LogP contribution in [-0.2, 0) is 9.59 Å². The van der Waals surface area contributed by atoms with Crippen LogP contribution in [0, 0.1) is 0 Å². The summed E-state index contributed by atoms with van der Waals surface area (Å²) in [5.41, 5.74) is 0. The predicted molar refractivity (Wildman–Crippen MR) is 40.1 cm³/mol. The molecule has 1 unspecified atom stereocenters. The number of aliphatic carboxylic acids is 2. The van der Waals surface area contributed by atoms with Crippen molar-refractivity contribution in [1.29, 1.82) is 0 Å². The van der Waals surface area contributed by atoms with Crippen molar-refractivity contribution in [2.75, 3.05) is 13.2 Å². The Hall–Kier alpha value is -1.18. The SMILES string of the molecule is O=C(O)CC(O)C(=O)O.OCCO. The van der Waals surface area contributed by atoms with E-state index in [9.17, 15) is 9.59 Å². The Labute approximate surface area is 73.9 Å². The van der Waals surface area contributed by atoms with Crippen molar-refractivity contribution in [3.05, 3.63) is 0 Å². The van der Waals surface area contributed by atoms with Gasteiger partial charge in [-0.05, 0) is 0 Å². The fourth-order valence-electron chi connectivity index (χ4n) is 0.253. The van der Waals surface area contributed by atoms with Gasteiger partial charge in [-0.2, -0.15) is 0 Å². The zero-order valence-electron chi connectivity index (χ0n) is 6.75. The summed E-state index contributed by atoms with van der Waals surface area (Å²) in [6.07, 6.45) is -2.54. The van der Waals surface area contributed by atoms with E-state index in [1.807, 2.05) is 0 Å². The van der Waals surface area contributed by atoms with E-state index in [4.69, 9.17) is 25.5 Å². The molecule has 0 bridgehead atoms. The minimum absolute atomic E-state index is 0.125. The second-order valence-corrected chi connectivity index (χ2v) is 1.90. The normalized spacial score (nSPS) is 11.0. The summed E-state index contributed by atoms with van der Waals surface area (Å²) in [6, 6.07) is 0. The Morgan fingerprint density at radius 2 is 1.46 bits per heavy atom. The Kier molecular flexibility index (Phi) is 9.84. The quantitative estimate of drug-likeness (QED) is 0.346. The van der Waals surface area contributed by atoms with E-state index in [0.29, 0.717) is 0 Å². The first kappa shape index (κ1) is 14.3. The van der Waals surface area contributed by atoms with Gasteiger partial charge in [0.2, 0.25) is 0 Å². The third-order valence-corrected chi connectivity index (χ3v) is 0.753. The van der Waals surface area contributed by atoms with Crippen LogP contribution in [0.25, 0.3) is 0 Å². The molecule has 13 heavy (non-hydrogen) atoms. The van der Waals surface area contributed by atoms with Gasteiger partial charge >= 0.3 is 11.9 Å². The van der Waals surface area contributed by atoms with Gasteiger partial charge in [0.25, 0.3) is 0 Å². The van der Waals surface area contributed by atoms with E-state index in [1.54, 1.807) is 0 Å². The van der Waals surface area contributed by atoms with Crippen LogP contribution >= 0.6 is 0 Å². The number of hydrogen-bond donors (Lipinski definition) is 5. The minimum Gasteiger partial charge on any atom is -0.481 e. The van der Waals surface area contributed by atoms with Crippen molar-refractivity contribution < 1.29 is 35.1 Å². The van der Waals surface area contributed by atoms with E-state index >= 15 is 0 Å². The molecule has 0 saturated carbocycles. The number of aliphatic hydroxyl groups excluding tert-OH is 3. The fourth-order valence-corrected chi connectivity index (χ4v) is 0.253. The molecule has 0 rings (SSSR count). The van der Waals surface area contributed by atoms with Crippen LogP contribution in [0.4, 0.5) is 0 Å². The maximum atomic E-state index is 9.72. The zero-order valence-corrected chi connectivity index (χ0v) is 6.75. The Bertz CT molecular complexity index is 153. The van der Waals surface area contributed by atoms with E-state index in [-0.39, 0.29) is 13.2 Å².